The molecule has 0 saturated heterocycles. The normalized spacial score (nSPS) is 11.9. The lowest BCUT2D eigenvalue weighted by atomic mass is 9.55. The van der Waals surface area contributed by atoms with Crippen molar-refractivity contribution in [1.82, 2.24) is 0 Å². The van der Waals surface area contributed by atoms with E-state index in [0.717, 1.165) is 46.3 Å². The van der Waals surface area contributed by atoms with Crippen molar-refractivity contribution in [2.24, 2.45) is 11.5 Å². The van der Waals surface area contributed by atoms with Crippen molar-refractivity contribution in [2.75, 3.05) is 26.3 Å². The standard InChI is InChI=1S/C32H32B2F6N2O3/c35-31(36,37)25-5-13-29(14-6-25)33(44-19-17-41)27-9-1-23(2-10-27)21-43-22-24-3-11-28(12-4-24)34(45-20-18-42)30-15-7-26(8-16-30)32(38,39)40/h1-16H,17-22,41-42H2. The number of benzene rings is 4. The number of hydrogen-bond acceptors (Lipinski definition) is 5. The Labute approximate surface area is 258 Å². The van der Waals surface area contributed by atoms with E-state index in [1.165, 1.54) is 24.3 Å². The van der Waals surface area contributed by atoms with Gasteiger partial charge in [0.25, 0.3) is 0 Å². The van der Waals surface area contributed by atoms with Gasteiger partial charge in [0, 0.05) is 26.3 Å². The third-order valence-corrected chi connectivity index (χ3v) is 6.99. The quantitative estimate of drug-likeness (QED) is 0.165. The Morgan fingerprint density at radius 1 is 0.467 bits per heavy atom. The Balaban J connectivity index is 1.37. The second-order valence-corrected chi connectivity index (χ2v) is 10.3. The number of hydrogen-bond donors (Lipinski definition) is 2. The molecule has 0 bridgehead atoms. The molecule has 4 rings (SSSR count). The fourth-order valence-corrected chi connectivity index (χ4v) is 4.70. The zero-order valence-corrected chi connectivity index (χ0v) is 24.3. The molecule has 4 N–H and O–H groups in total. The van der Waals surface area contributed by atoms with Crippen molar-refractivity contribution < 1.29 is 40.4 Å². The van der Waals surface area contributed by atoms with Crippen LogP contribution in [0, 0.1) is 0 Å². The van der Waals surface area contributed by atoms with Gasteiger partial charge in [0.1, 0.15) is 0 Å². The molecule has 0 atom stereocenters. The molecule has 4 aromatic carbocycles. The lowest BCUT2D eigenvalue weighted by Gasteiger charge is -2.17. The first kappa shape index (κ1) is 34.3. The SMILES string of the molecule is NCCOB(c1ccc(COCc2ccc(B(OCCN)c3ccc(C(F)(F)F)cc3)cc2)cc1)c1ccc(C(F)(F)F)cc1. The van der Waals surface area contributed by atoms with Gasteiger partial charge in [0.15, 0.2) is 0 Å². The van der Waals surface area contributed by atoms with Crippen LogP contribution in [0.2, 0.25) is 0 Å². The molecule has 0 spiro atoms. The summed E-state index contributed by atoms with van der Waals surface area (Å²) >= 11 is 0. The van der Waals surface area contributed by atoms with E-state index >= 15 is 0 Å². The summed E-state index contributed by atoms with van der Waals surface area (Å²) in [4.78, 5) is 0. The van der Waals surface area contributed by atoms with Gasteiger partial charge in [0.2, 0.25) is 0 Å². The molecule has 5 nitrogen and oxygen atoms in total. The van der Waals surface area contributed by atoms with E-state index in [1.807, 2.05) is 48.5 Å². The first-order valence-electron chi connectivity index (χ1n) is 14.2. The maximum Gasteiger partial charge on any atom is 0.416 e. The van der Waals surface area contributed by atoms with Crippen molar-refractivity contribution in [3.05, 3.63) is 119 Å². The molecule has 0 saturated carbocycles. The monoisotopic (exact) mass is 628 g/mol. The summed E-state index contributed by atoms with van der Waals surface area (Å²) < 4.78 is 95.6. The molecule has 13 heteroatoms. The Morgan fingerprint density at radius 3 is 1.02 bits per heavy atom. The highest BCUT2D eigenvalue weighted by molar-refractivity contribution is 6.80. The van der Waals surface area contributed by atoms with Crippen LogP contribution < -0.4 is 33.3 Å². The molecule has 0 fully saturated rings. The highest BCUT2D eigenvalue weighted by atomic mass is 19.4. The van der Waals surface area contributed by atoms with Crippen LogP contribution in [0.1, 0.15) is 22.3 Å². The second kappa shape index (κ2) is 15.6. The average molecular weight is 628 g/mol. The van der Waals surface area contributed by atoms with Crippen LogP contribution >= 0.6 is 0 Å². The Hall–Kier alpha value is -3.61. The van der Waals surface area contributed by atoms with Crippen molar-refractivity contribution in [3.63, 3.8) is 0 Å². The maximum atomic E-state index is 13.0. The van der Waals surface area contributed by atoms with E-state index < -0.39 is 37.3 Å². The fourth-order valence-electron chi connectivity index (χ4n) is 4.70. The molecule has 0 aliphatic carbocycles. The second-order valence-electron chi connectivity index (χ2n) is 10.3. The first-order valence-corrected chi connectivity index (χ1v) is 14.2. The third-order valence-electron chi connectivity index (χ3n) is 6.99. The van der Waals surface area contributed by atoms with Gasteiger partial charge in [-0.15, -0.1) is 0 Å². The molecule has 0 amide bonds. The highest BCUT2D eigenvalue weighted by Gasteiger charge is 2.32. The smallest absolute Gasteiger partial charge is 0.416 e. The van der Waals surface area contributed by atoms with Crippen LogP contribution in [-0.4, -0.2) is 40.1 Å². The maximum absolute atomic E-state index is 13.0. The lowest BCUT2D eigenvalue weighted by molar-refractivity contribution is -0.138. The minimum atomic E-state index is -4.42. The van der Waals surface area contributed by atoms with Crippen molar-refractivity contribution in [2.45, 2.75) is 25.6 Å². The molecule has 0 radical (unpaired) electrons. The first-order chi connectivity index (χ1) is 21.5. The van der Waals surface area contributed by atoms with Gasteiger partial charge in [-0.2, -0.15) is 26.3 Å². The van der Waals surface area contributed by atoms with Gasteiger partial charge in [-0.3, -0.25) is 0 Å². The molecule has 4 aromatic rings. The number of halogens is 6. The third kappa shape index (κ3) is 9.69. The van der Waals surface area contributed by atoms with E-state index in [4.69, 9.17) is 25.5 Å². The average Bonchev–Trinajstić information content (AvgIpc) is 3.02. The Kier molecular flexibility index (Phi) is 11.9. The summed E-state index contributed by atoms with van der Waals surface area (Å²) in [6.07, 6.45) is -8.85. The summed E-state index contributed by atoms with van der Waals surface area (Å²) in [6.45, 7) is 0.462. The van der Waals surface area contributed by atoms with E-state index in [9.17, 15) is 26.3 Å². The zero-order chi connectivity index (χ0) is 32.5. The van der Waals surface area contributed by atoms with Crippen LogP contribution in [0.15, 0.2) is 97.1 Å². The lowest BCUT2D eigenvalue weighted by Crippen LogP contribution is -2.46. The summed E-state index contributed by atoms with van der Waals surface area (Å²) in [5.74, 6) is 0. The van der Waals surface area contributed by atoms with E-state index in [1.54, 1.807) is 0 Å². The van der Waals surface area contributed by atoms with Crippen LogP contribution in [0.25, 0.3) is 0 Å². The van der Waals surface area contributed by atoms with E-state index in [0.29, 0.717) is 24.1 Å². The minimum absolute atomic E-state index is 0.236. The van der Waals surface area contributed by atoms with Gasteiger partial charge in [-0.25, -0.2) is 0 Å². The van der Waals surface area contributed by atoms with Crippen molar-refractivity contribution in [1.29, 1.82) is 0 Å². The van der Waals surface area contributed by atoms with Crippen LogP contribution in [0.3, 0.4) is 0 Å². The molecule has 0 aliphatic rings. The largest absolute Gasteiger partial charge is 0.426 e. The van der Waals surface area contributed by atoms with Gasteiger partial charge < -0.3 is 25.5 Å². The van der Waals surface area contributed by atoms with E-state index in [-0.39, 0.29) is 26.3 Å². The summed E-state index contributed by atoms with van der Waals surface area (Å²) in [5.41, 5.74) is 14.2. The molecule has 45 heavy (non-hydrogen) atoms. The predicted molar refractivity (Wildman–Crippen MR) is 164 cm³/mol. The molecule has 0 heterocycles. The zero-order valence-electron chi connectivity index (χ0n) is 24.3. The van der Waals surface area contributed by atoms with Crippen LogP contribution in [0.5, 0.6) is 0 Å². The molecular formula is C32H32B2F6N2O3. The molecule has 236 valence electrons. The molecular weight excluding hydrogens is 596 g/mol. The number of ether oxygens (including phenoxy) is 1. The fraction of sp³-hybridized carbons (Fsp3) is 0.250. The van der Waals surface area contributed by atoms with Gasteiger partial charge >= 0.3 is 26.2 Å². The minimum Gasteiger partial charge on any atom is -0.426 e. The van der Waals surface area contributed by atoms with Crippen LogP contribution in [0.4, 0.5) is 26.3 Å². The Bertz CT molecular complexity index is 1360. The number of nitrogens with two attached hydrogens (primary N) is 2. The number of rotatable bonds is 14. The van der Waals surface area contributed by atoms with Crippen molar-refractivity contribution in [3.8, 4) is 0 Å². The highest BCUT2D eigenvalue weighted by Crippen LogP contribution is 2.29. The topological polar surface area (TPSA) is 79.7 Å². The predicted octanol–water partition coefficient (Wildman–Crippen LogP) is 3.60. The summed E-state index contributed by atoms with van der Waals surface area (Å²) in [5, 5.41) is 0. The van der Waals surface area contributed by atoms with Crippen molar-refractivity contribution >= 4 is 35.7 Å². The van der Waals surface area contributed by atoms with Gasteiger partial charge in [-0.05, 0) is 33.0 Å². The van der Waals surface area contributed by atoms with E-state index in [2.05, 4.69) is 0 Å². The Morgan fingerprint density at radius 2 is 0.756 bits per heavy atom. The number of alkyl halides is 6. The molecule has 0 aromatic heterocycles. The summed E-state index contributed by atoms with van der Waals surface area (Å²) in [7, 11) is 0. The summed E-state index contributed by atoms with van der Waals surface area (Å²) in [6, 6.07) is 24.6. The van der Waals surface area contributed by atoms with Gasteiger partial charge in [0.05, 0.1) is 24.3 Å². The van der Waals surface area contributed by atoms with Crippen LogP contribution in [-0.2, 0) is 39.6 Å². The molecule has 0 unspecified atom stereocenters. The van der Waals surface area contributed by atoms with Gasteiger partial charge in [-0.1, -0.05) is 97.1 Å². The molecule has 0 aliphatic heterocycles.